The van der Waals surface area contributed by atoms with Crippen LogP contribution in [0.3, 0.4) is 0 Å². The van der Waals surface area contributed by atoms with Crippen LogP contribution in [-0.2, 0) is 11.3 Å². The van der Waals surface area contributed by atoms with Gasteiger partial charge in [0.2, 0.25) is 0 Å². The van der Waals surface area contributed by atoms with Crippen LogP contribution in [0, 0.1) is 0 Å². The Morgan fingerprint density at radius 3 is 2.61 bits per heavy atom. The summed E-state index contributed by atoms with van der Waals surface area (Å²) in [7, 11) is 1.31. The van der Waals surface area contributed by atoms with Gasteiger partial charge in [0.25, 0.3) is 5.91 Å². The molecule has 122 valence electrons. The average Bonchev–Trinajstić information content (AvgIpc) is 3.02. The van der Waals surface area contributed by atoms with E-state index in [9.17, 15) is 9.59 Å². The predicted octanol–water partition coefficient (Wildman–Crippen LogP) is 3.64. The first kappa shape index (κ1) is 17.4. The number of halogens is 1. The van der Waals surface area contributed by atoms with Gasteiger partial charge in [-0.05, 0) is 30.7 Å². The SMILES string of the molecule is CCCN(Cc1nc(C(=O)OC)cs1)C(=O)c1ccc(Cl)cc1. The Morgan fingerprint density at radius 1 is 1.30 bits per heavy atom. The summed E-state index contributed by atoms with van der Waals surface area (Å²) in [5, 5.41) is 2.92. The molecule has 0 fully saturated rings. The molecular weight excluding hydrogens is 336 g/mol. The molecule has 2 aromatic rings. The van der Waals surface area contributed by atoms with E-state index in [0.29, 0.717) is 28.7 Å². The van der Waals surface area contributed by atoms with Gasteiger partial charge in [-0.15, -0.1) is 11.3 Å². The third-order valence-corrected chi connectivity index (χ3v) is 4.23. The van der Waals surface area contributed by atoms with Gasteiger partial charge in [0, 0.05) is 22.5 Å². The zero-order chi connectivity index (χ0) is 16.8. The van der Waals surface area contributed by atoms with Crippen molar-refractivity contribution in [3.63, 3.8) is 0 Å². The number of thiazole rings is 1. The normalized spacial score (nSPS) is 10.4. The number of nitrogens with zero attached hydrogens (tertiary/aromatic N) is 2. The van der Waals surface area contributed by atoms with Crippen molar-refractivity contribution in [3.05, 3.63) is 50.9 Å². The molecule has 0 aliphatic carbocycles. The van der Waals surface area contributed by atoms with Gasteiger partial charge in [-0.3, -0.25) is 4.79 Å². The predicted molar refractivity (Wildman–Crippen MR) is 89.9 cm³/mol. The number of hydrogen-bond donors (Lipinski definition) is 0. The van der Waals surface area contributed by atoms with Crippen molar-refractivity contribution in [2.75, 3.05) is 13.7 Å². The van der Waals surface area contributed by atoms with E-state index >= 15 is 0 Å². The van der Waals surface area contributed by atoms with Crippen molar-refractivity contribution in [3.8, 4) is 0 Å². The number of aromatic nitrogens is 1. The van der Waals surface area contributed by atoms with Crippen molar-refractivity contribution in [2.24, 2.45) is 0 Å². The average molecular weight is 353 g/mol. The van der Waals surface area contributed by atoms with Crippen molar-refractivity contribution in [1.29, 1.82) is 0 Å². The van der Waals surface area contributed by atoms with Crippen LogP contribution in [0.4, 0.5) is 0 Å². The Bertz CT molecular complexity index is 685. The van der Waals surface area contributed by atoms with Crippen LogP contribution < -0.4 is 0 Å². The molecule has 0 N–H and O–H groups in total. The summed E-state index contributed by atoms with van der Waals surface area (Å²) in [4.78, 5) is 30.0. The lowest BCUT2D eigenvalue weighted by molar-refractivity contribution is 0.0594. The fourth-order valence-electron chi connectivity index (χ4n) is 2.04. The smallest absolute Gasteiger partial charge is 0.357 e. The minimum atomic E-state index is -0.474. The lowest BCUT2D eigenvalue weighted by Gasteiger charge is -2.21. The Labute approximate surface area is 143 Å². The van der Waals surface area contributed by atoms with Crippen molar-refractivity contribution < 1.29 is 14.3 Å². The zero-order valence-electron chi connectivity index (χ0n) is 12.9. The standard InChI is InChI=1S/C16H17ClN2O3S/c1-3-8-19(15(20)11-4-6-12(17)7-5-11)9-14-18-13(10-23-14)16(21)22-2/h4-7,10H,3,8-9H2,1-2H3. The number of carbonyl (C=O) groups is 2. The van der Waals surface area contributed by atoms with E-state index in [-0.39, 0.29) is 11.6 Å². The third-order valence-electron chi connectivity index (χ3n) is 3.14. The Balaban J connectivity index is 2.14. The second-order valence-corrected chi connectivity index (χ2v) is 6.23. The van der Waals surface area contributed by atoms with Crippen molar-refractivity contribution in [1.82, 2.24) is 9.88 Å². The second kappa shape index (κ2) is 8.08. The number of hydrogen-bond acceptors (Lipinski definition) is 5. The first-order chi connectivity index (χ1) is 11.0. The third kappa shape index (κ3) is 4.53. The molecule has 1 aromatic carbocycles. The highest BCUT2D eigenvalue weighted by Crippen LogP contribution is 2.17. The maximum Gasteiger partial charge on any atom is 0.357 e. The molecule has 7 heteroatoms. The first-order valence-electron chi connectivity index (χ1n) is 7.12. The molecule has 1 heterocycles. The van der Waals surface area contributed by atoms with Gasteiger partial charge in [0.05, 0.1) is 13.7 Å². The van der Waals surface area contributed by atoms with Gasteiger partial charge in [0.15, 0.2) is 5.69 Å². The maximum absolute atomic E-state index is 12.6. The topological polar surface area (TPSA) is 59.5 Å². The molecule has 5 nitrogen and oxygen atoms in total. The molecule has 0 spiro atoms. The highest BCUT2D eigenvalue weighted by Gasteiger charge is 2.18. The van der Waals surface area contributed by atoms with Gasteiger partial charge < -0.3 is 9.64 Å². The molecule has 1 amide bonds. The summed E-state index contributed by atoms with van der Waals surface area (Å²) in [6, 6.07) is 6.79. The fourth-order valence-corrected chi connectivity index (χ4v) is 2.95. The van der Waals surface area contributed by atoms with Gasteiger partial charge in [-0.1, -0.05) is 18.5 Å². The number of esters is 1. The maximum atomic E-state index is 12.6. The monoisotopic (exact) mass is 352 g/mol. The van der Waals surface area contributed by atoms with E-state index in [4.69, 9.17) is 11.6 Å². The summed E-state index contributed by atoms with van der Waals surface area (Å²) in [5.74, 6) is -0.558. The van der Waals surface area contributed by atoms with Crippen LogP contribution in [0.5, 0.6) is 0 Å². The van der Waals surface area contributed by atoms with Gasteiger partial charge in [0.1, 0.15) is 5.01 Å². The lowest BCUT2D eigenvalue weighted by Crippen LogP contribution is -2.31. The lowest BCUT2D eigenvalue weighted by atomic mass is 10.2. The number of carbonyl (C=O) groups excluding carboxylic acids is 2. The Hall–Kier alpha value is -1.92. The number of rotatable bonds is 6. The number of ether oxygens (including phenoxy) is 1. The molecule has 2 rings (SSSR count). The molecule has 0 saturated carbocycles. The summed E-state index contributed by atoms with van der Waals surface area (Å²) in [5.41, 5.74) is 0.843. The van der Waals surface area contributed by atoms with Crippen LogP contribution in [0.2, 0.25) is 5.02 Å². The van der Waals surface area contributed by atoms with E-state index in [1.807, 2.05) is 6.92 Å². The summed E-state index contributed by atoms with van der Waals surface area (Å²) in [6.07, 6.45) is 0.828. The Kier molecular flexibility index (Phi) is 6.12. The molecule has 0 saturated heterocycles. The number of amides is 1. The van der Waals surface area contributed by atoms with Crippen molar-refractivity contribution in [2.45, 2.75) is 19.9 Å². The minimum Gasteiger partial charge on any atom is -0.464 e. The first-order valence-corrected chi connectivity index (χ1v) is 8.38. The summed E-state index contributed by atoms with van der Waals surface area (Å²) < 4.78 is 4.64. The van der Waals surface area contributed by atoms with Crippen LogP contribution in [0.1, 0.15) is 39.2 Å². The van der Waals surface area contributed by atoms with E-state index in [0.717, 1.165) is 6.42 Å². The van der Waals surface area contributed by atoms with E-state index in [1.54, 1.807) is 34.5 Å². The summed E-state index contributed by atoms with van der Waals surface area (Å²) in [6.45, 7) is 2.97. The fraction of sp³-hybridized carbons (Fsp3) is 0.312. The van der Waals surface area contributed by atoms with Gasteiger partial charge in [-0.25, -0.2) is 9.78 Å². The van der Waals surface area contributed by atoms with Crippen LogP contribution >= 0.6 is 22.9 Å². The molecule has 0 bridgehead atoms. The molecule has 0 atom stereocenters. The summed E-state index contributed by atoms with van der Waals surface area (Å²) >= 11 is 7.19. The van der Waals surface area contributed by atoms with Crippen LogP contribution in [0.15, 0.2) is 29.6 Å². The quantitative estimate of drug-likeness (QED) is 0.745. The second-order valence-electron chi connectivity index (χ2n) is 4.85. The van der Waals surface area contributed by atoms with Gasteiger partial charge in [-0.2, -0.15) is 0 Å². The molecule has 0 aliphatic rings. The number of benzene rings is 1. The molecular formula is C16H17ClN2O3S. The van der Waals surface area contributed by atoms with E-state index in [1.165, 1.54) is 18.4 Å². The number of methoxy groups -OCH3 is 1. The molecule has 0 unspecified atom stereocenters. The highest BCUT2D eigenvalue weighted by atomic mass is 35.5. The van der Waals surface area contributed by atoms with Gasteiger partial charge >= 0.3 is 5.97 Å². The van der Waals surface area contributed by atoms with E-state index < -0.39 is 5.97 Å². The molecule has 23 heavy (non-hydrogen) atoms. The largest absolute Gasteiger partial charge is 0.464 e. The Morgan fingerprint density at radius 2 is 2.00 bits per heavy atom. The minimum absolute atomic E-state index is 0.0849. The molecule has 0 radical (unpaired) electrons. The van der Waals surface area contributed by atoms with E-state index in [2.05, 4.69) is 9.72 Å². The van der Waals surface area contributed by atoms with Crippen LogP contribution in [-0.4, -0.2) is 35.4 Å². The van der Waals surface area contributed by atoms with Crippen molar-refractivity contribution >= 4 is 34.8 Å². The van der Waals surface area contributed by atoms with Crippen LogP contribution in [0.25, 0.3) is 0 Å². The molecule has 0 aliphatic heterocycles. The highest BCUT2D eigenvalue weighted by molar-refractivity contribution is 7.09. The zero-order valence-corrected chi connectivity index (χ0v) is 14.5. The molecule has 1 aromatic heterocycles.